The normalized spacial score (nSPS) is 10.2. The zero-order valence-corrected chi connectivity index (χ0v) is 12.9. The van der Waals surface area contributed by atoms with Crippen molar-refractivity contribution in [3.05, 3.63) is 63.6 Å². The van der Waals surface area contributed by atoms with Crippen molar-refractivity contribution in [2.75, 3.05) is 6.61 Å². The van der Waals surface area contributed by atoms with Gasteiger partial charge in [-0.15, -0.1) is 0 Å². The lowest BCUT2D eigenvalue weighted by Crippen LogP contribution is -2.04. The highest BCUT2D eigenvalue weighted by molar-refractivity contribution is 6.32. The number of hydrogen-bond donors (Lipinski definition) is 0. The molecule has 0 aliphatic heterocycles. The molecule has 110 valence electrons. The lowest BCUT2D eigenvalue weighted by Gasteiger charge is -2.09. The first-order valence-electron chi connectivity index (χ1n) is 6.44. The van der Waals surface area contributed by atoms with Crippen LogP contribution in [0.3, 0.4) is 0 Å². The Balaban J connectivity index is 2.04. The average molecular weight is 325 g/mol. The SMILES string of the molecule is CCOC(=O)c1ccc(OCc2ccc(Cl)cc2)c(Cl)c1. The zero-order valence-electron chi connectivity index (χ0n) is 11.4. The van der Waals surface area contributed by atoms with Gasteiger partial charge in [-0.05, 0) is 42.8 Å². The third-order valence-corrected chi connectivity index (χ3v) is 3.30. The smallest absolute Gasteiger partial charge is 0.338 e. The Bertz CT molecular complexity index is 624. The molecule has 0 spiro atoms. The second-order valence-corrected chi connectivity index (χ2v) is 5.12. The van der Waals surface area contributed by atoms with Gasteiger partial charge in [0, 0.05) is 5.02 Å². The molecule has 5 heteroatoms. The van der Waals surface area contributed by atoms with E-state index in [2.05, 4.69) is 0 Å². The highest BCUT2D eigenvalue weighted by Gasteiger charge is 2.10. The standard InChI is InChI=1S/C16H14Cl2O3/c1-2-20-16(19)12-5-8-15(14(18)9-12)21-10-11-3-6-13(17)7-4-11/h3-9H,2,10H2,1H3. The number of hydrogen-bond acceptors (Lipinski definition) is 3. The van der Waals surface area contributed by atoms with Crippen LogP contribution in [0.2, 0.25) is 10.0 Å². The predicted octanol–water partition coefficient (Wildman–Crippen LogP) is 4.75. The molecule has 0 aliphatic carbocycles. The summed E-state index contributed by atoms with van der Waals surface area (Å²) in [5.74, 6) is 0.114. The van der Waals surface area contributed by atoms with Gasteiger partial charge >= 0.3 is 5.97 Å². The molecule has 0 heterocycles. The van der Waals surface area contributed by atoms with Crippen LogP contribution in [0.25, 0.3) is 0 Å². The summed E-state index contributed by atoms with van der Waals surface area (Å²) in [6, 6.07) is 12.2. The second-order valence-electron chi connectivity index (χ2n) is 4.28. The van der Waals surface area contributed by atoms with Crippen LogP contribution in [0.15, 0.2) is 42.5 Å². The Morgan fingerprint density at radius 2 is 1.81 bits per heavy atom. The summed E-state index contributed by atoms with van der Waals surface area (Å²) in [5.41, 5.74) is 1.38. The molecule has 2 aromatic carbocycles. The van der Waals surface area contributed by atoms with Gasteiger partial charge in [-0.1, -0.05) is 35.3 Å². The van der Waals surface area contributed by atoms with E-state index in [4.69, 9.17) is 32.7 Å². The summed E-state index contributed by atoms with van der Waals surface area (Å²) < 4.78 is 10.5. The van der Waals surface area contributed by atoms with Gasteiger partial charge in [-0.3, -0.25) is 0 Å². The quantitative estimate of drug-likeness (QED) is 0.744. The van der Waals surface area contributed by atoms with Crippen molar-refractivity contribution in [2.45, 2.75) is 13.5 Å². The van der Waals surface area contributed by atoms with Crippen LogP contribution in [-0.2, 0) is 11.3 Å². The van der Waals surface area contributed by atoms with Gasteiger partial charge in [0.15, 0.2) is 0 Å². The number of esters is 1. The van der Waals surface area contributed by atoms with Gasteiger partial charge in [0.05, 0.1) is 17.2 Å². The van der Waals surface area contributed by atoms with Gasteiger partial charge in [0.25, 0.3) is 0 Å². The van der Waals surface area contributed by atoms with E-state index < -0.39 is 5.97 Å². The maximum atomic E-state index is 11.6. The van der Waals surface area contributed by atoms with E-state index in [1.54, 1.807) is 31.2 Å². The number of halogens is 2. The molecule has 0 bridgehead atoms. The van der Waals surface area contributed by atoms with Crippen molar-refractivity contribution in [1.29, 1.82) is 0 Å². The molecular weight excluding hydrogens is 311 g/mol. The molecule has 0 atom stereocenters. The van der Waals surface area contributed by atoms with E-state index in [1.807, 2.05) is 12.1 Å². The lowest BCUT2D eigenvalue weighted by atomic mass is 10.2. The van der Waals surface area contributed by atoms with Crippen molar-refractivity contribution in [3.8, 4) is 5.75 Å². The number of ether oxygens (including phenoxy) is 2. The van der Waals surface area contributed by atoms with Gasteiger partial charge in [0.1, 0.15) is 12.4 Å². The van der Waals surface area contributed by atoms with Crippen LogP contribution in [-0.4, -0.2) is 12.6 Å². The van der Waals surface area contributed by atoms with Crippen LogP contribution >= 0.6 is 23.2 Å². The average Bonchev–Trinajstić information content (AvgIpc) is 2.48. The van der Waals surface area contributed by atoms with E-state index in [0.717, 1.165) is 5.56 Å². The third-order valence-electron chi connectivity index (χ3n) is 2.75. The molecule has 0 fully saturated rings. The van der Waals surface area contributed by atoms with Crippen LogP contribution in [0, 0.1) is 0 Å². The maximum absolute atomic E-state index is 11.6. The van der Waals surface area contributed by atoms with Gasteiger partial charge in [-0.25, -0.2) is 4.79 Å². The Kier molecular flexibility index (Phi) is 5.48. The molecule has 0 radical (unpaired) electrons. The van der Waals surface area contributed by atoms with Crippen molar-refractivity contribution in [2.24, 2.45) is 0 Å². The minimum Gasteiger partial charge on any atom is -0.487 e. The highest BCUT2D eigenvalue weighted by atomic mass is 35.5. The van der Waals surface area contributed by atoms with Gasteiger partial charge in [-0.2, -0.15) is 0 Å². The van der Waals surface area contributed by atoms with E-state index in [-0.39, 0.29) is 0 Å². The number of carbonyl (C=O) groups excluding carboxylic acids is 1. The summed E-state index contributed by atoms with van der Waals surface area (Å²) in [6.45, 7) is 2.45. The Morgan fingerprint density at radius 3 is 2.43 bits per heavy atom. The number of benzene rings is 2. The maximum Gasteiger partial charge on any atom is 0.338 e. The summed E-state index contributed by atoms with van der Waals surface area (Å²) in [7, 11) is 0. The Labute approximate surface area is 133 Å². The minimum absolute atomic E-state index is 0.325. The largest absolute Gasteiger partial charge is 0.487 e. The van der Waals surface area contributed by atoms with Crippen molar-refractivity contribution >= 4 is 29.2 Å². The molecule has 0 saturated heterocycles. The zero-order chi connectivity index (χ0) is 15.2. The first-order chi connectivity index (χ1) is 10.1. The highest BCUT2D eigenvalue weighted by Crippen LogP contribution is 2.26. The van der Waals surface area contributed by atoms with Crippen LogP contribution < -0.4 is 4.74 Å². The molecule has 2 aromatic rings. The number of rotatable bonds is 5. The monoisotopic (exact) mass is 324 g/mol. The Hall–Kier alpha value is -1.71. The minimum atomic E-state index is -0.399. The summed E-state index contributed by atoms with van der Waals surface area (Å²) >= 11 is 11.9. The molecule has 0 N–H and O–H groups in total. The van der Waals surface area contributed by atoms with E-state index >= 15 is 0 Å². The van der Waals surface area contributed by atoms with Crippen molar-refractivity contribution in [3.63, 3.8) is 0 Å². The van der Waals surface area contributed by atoms with E-state index in [1.165, 1.54) is 6.07 Å². The predicted molar refractivity (Wildman–Crippen MR) is 83.2 cm³/mol. The second kappa shape index (κ2) is 7.34. The van der Waals surface area contributed by atoms with Crippen LogP contribution in [0.4, 0.5) is 0 Å². The first-order valence-corrected chi connectivity index (χ1v) is 7.19. The van der Waals surface area contributed by atoms with Crippen molar-refractivity contribution < 1.29 is 14.3 Å². The van der Waals surface area contributed by atoms with Gasteiger partial charge in [0.2, 0.25) is 0 Å². The fraction of sp³-hybridized carbons (Fsp3) is 0.188. The van der Waals surface area contributed by atoms with Crippen molar-refractivity contribution in [1.82, 2.24) is 0 Å². The summed E-state index contributed by atoms with van der Waals surface area (Å²) in [6.07, 6.45) is 0. The van der Waals surface area contributed by atoms with Crippen LogP contribution in [0.1, 0.15) is 22.8 Å². The molecule has 0 amide bonds. The fourth-order valence-electron chi connectivity index (χ4n) is 1.70. The molecule has 0 unspecified atom stereocenters. The van der Waals surface area contributed by atoms with E-state index in [0.29, 0.717) is 34.6 Å². The topological polar surface area (TPSA) is 35.5 Å². The van der Waals surface area contributed by atoms with Gasteiger partial charge < -0.3 is 9.47 Å². The summed E-state index contributed by atoms with van der Waals surface area (Å²) in [5, 5.41) is 1.05. The molecule has 3 nitrogen and oxygen atoms in total. The van der Waals surface area contributed by atoms with Crippen LogP contribution in [0.5, 0.6) is 5.75 Å². The molecular formula is C16H14Cl2O3. The Morgan fingerprint density at radius 1 is 1.10 bits per heavy atom. The molecule has 0 saturated carbocycles. The fourth-order valence-corrected chi connectivity index (χ4v) is 2.06. The molecule has 0 aliphatic rings. The van der Waals surface area contributed by atoms with E-state index in [9.17, 15) is 4.79 Å². The first kappa shape index (κ1) is 15.7. The third kappa shape index (κ3) is 4.38. The lowest BCUT2D eigenvalue weighted by molar-refractivity contribution is 0.0526. The summed E-state index contributed by atoms with van der Waals surface area (Å²) in [4.78, 5) is 11.6. The molecule has 2 rings (SSSR count). The number of carbonyl (C=O) groups is 1. The molecule has 0 aromatic heterocycles. The molecule has 21 heavy (non-hydrogen) atoms.